The minimum absolute atomic E-state index is 0.0670. The summed E-state index contributed by atoms with van der Waals surface area (Å²) in [5, 5.41) is 0.479. The largest absolute Gasteiger partial charge is 0.393 e. The van der Waals surface area contributed by atoms with Crippen LogP contribution in [0.25, 0.3) is 0 Å². The molecule has 21 heavy (non-hydrogen) atoms. The van der Waals surface area contributed by atoms with E-state index in [1.165, 1.54) is 4.90 Å². The second-order valence-corrected chi connectivity index (χ2v) is 6.41. The van der Waals surface area contributed by atoms with Crippen LogP contribution in [0.5, 0.6) is 0 Å². The number of carbonyl (C=O) groups is 1. The number of hydrogen-bond acceptors (Lipinski definition) is 1. The summed E-state index contributed by atoms with van der Waals surface area (Å²) >= 11 is 9.20. The molecule has 1 aliphatic rings. The molecule has 0 radical (unpaired) electrons. The predicted octanol–water partition coefficient (Wildman–Crippen LogP) is 4.45. The van der Waals surface area contributed by atoms with E-state index >= 15 is 0 Å². The molecule has 7 heteroatoms. The summed E-state index contributed by atoms with van der Waals surface area (Å²) in [6, 6.07) is 5.10. The zero-order valence-electron chi connectivity index (χ0n) is 11.1. The maximum absolute atomic E-state index is 12.7. The number of likely N-dealkylation sites (tertiary alicyclic amines) is 1. The van der Waals surface area contributed by atoms with Gasteiger partial charge in [0.05, 0.1) is 17.4 Å². The fourth-order valence-electron chi connectivity index (χ4n) is 2.41. The molecule has 0 aliphatic carbocycles. The number of hydrogen-bond donors (Lipinski definition) is 0. The Morgan fingerprint density at radius 2 is 2.14 bits per heavy atom. The molecule has 1 unspecified atom stereocenters. The zero-order valence-corrected chi connectivity index (χ0v) is 13.4. The standard InChI is InChI=1S/C14H14BrClF3NO/c15-11-4-3-9(6-12(11)16)7-13(21)20-5-1-2-10(8-20)14(17,18)19/h3-4,6,10H,1-2,5,7-8H2. The van der Waals surface area contributed by atoms with E-state index in [0.717, 1.165) is 4.47 Å². The van der Waals surface area contributed by atoms with Crippen LogP contribution in [0.1, 0.15) is 18.4 Å². The highest BCUT2D eigenvalue weighted by molar-refractivity contribution is 9.10. The normalized spacial score (nSPS) is 19.7. The molecule has 1 saturated heterocycles. The molecule has 2 nitrogen and oxygen atoms in total. The molecule has 116 valence electrons. The van der Waals surface area contributed by atoms with E-state index in [9.17, 15) is 18.0 Å². The number of alkyl halides is 3. The van der Waals surface area contributed by atoms with Crippen molar-refractivity contribution in [1.29, 1.82) is 0 Å². The summed E-state index contributed by atoms with van der Waals surface area (Å²) in [6.07, 6.45) is -3.69. The second kappa shape index (κ2) is 6.57. The van der Waals surface area contributed by atoms with Crippen molar-refractivity contribution in [3.63, 3.8) is 0 Å². The number of piperidine rings is 1. The van der Waals surface area contributed by atoms with E-state index in [0.29, 0.717) is 23.6 Å². The third kappa shape index (κ3) is 4.36. The second-order valence-electron chi connectivity index (χ2n) is 5.15. The van der Waals surface area contributed by atoms with Crippen molar-refractivity contribution >= 4 is 33.4 Å². The van der Waals surface area contributed by atoms with E-state index in [1.807, 2.05) is 0 Å². The molecule has 0 N–H and O–H groups in total. The van der Waals surface area contributed by atoms with Crippen LogP contribution < -0.4 is 0 Å². The zero-order chi connectivity index (χ0) is 15.6. The molecule has 1 heterocycles. The lowest BCUT2D eigenvalue weighted by Gasteiger charge is -2.33. The van der Waals surface area contributed by atoms with E-state index < -0.39 is 12.1 Å². The van der Waals surface area contributed by atoms with Gasteiger partial charge >= 0.3 is 6.18 Å². The van der Waals surface area contributed by atoms with Crippen molar-refractivity contribution in [1.82, 2.24) is 4.90 Å². The Bertz CT molecular complexity index is 535. The van der Waals surface area contributed by atoms with Crippen molar-refractivity contribution in [2.45, 2.75) is 25.4 Å². The van der Waals surface area contributed by atoms with E-state index in [4.69, 9.17) is 11.6 Å². The quantitative estimate of drug-likeness (QED) is 0.738. The van der Waals surface area contributed by atoms with Gasteiger partial charge in [0.2, 0.25) is 5.91 Å². The lowest BCUT2D eigenvalue weighted by Crippen LogP contribution is -2.45. The Hall–Kier alpha value is -0.750. The highest BCUT2D eigenvalue weighted by atomic mass is 79.9. The van der Waals surface area contributed by atoms with Crippen LogP contribution in [0.2, 0.25) is 5.02 Å². The molecule has 1 aromatic carbocycles. The first kappa shape index (κ1) is 16.6. The number of halogens is 5. The fourth-order valence-corrected chi connectivity index (χ4v) is 2.86. The minimum atomic E-state index is -4.24. The van der Waals surface area contributed by atoms with Gasteiger partial charge in [-0.3, -0.25) is 4.79 Å². The molecule has 0 aromatic heterocycles. The Labute approximate surface area is 134 Å². The summed E-state index contributed by atoms with van der Waals surface area (Å²) in [6.45, 7) is 0.141. The van der Waals surface area contributed by atoms with Crippen LogP contribution in [-0.4, -0.2) is 30.1 Å². The van der Waals surface area contributed by atoms with Gasteiger partial charge in [-0.25, -0.2) is 0 Å². The molecular formula is C14H14BrClF3NO. The van der Waals surface area contributed by atoms with E-state index in [1.54, 1.807) is 18.2 Å². The first-order chi connectivity index (χ1) is 9.77. The average Bonchev–Trinajstić information content (AvgIpc) is 2.42. The van der Waals surface area contributed by atoms with Crippen LogP contribution in [0.4, 0.5) is 13.2 Å². The van der Waals surface area contributed by atoms with Crippen molar-refractivity contribution in [3.05, 3.63) is 33.3 Å². The topological polar surface area (TPSA) is 20.3 Å². The lowest BCUT2D eigenvalue weighted by molar-refractivity contribution is -0.187. The van der Waals surface area contributed by atoms with Gasteiger partial charge in [0.25, 0.3) is 0 Å². The lowest BCUT2D eigenvalue weighted by atomic mass is 9.97. The third-order valence-corrected chi connectivity index (χ3v) is 4.81. The van der Waals surface area contributed by atoms with Gasteiger partial charge in [-0.15, -0.1) is 0 Å². The number of amides is 1. The monoisotopic (exact) mass is 383 g/mol. The van der Waals surface area contributed by atoms with Crippen LogP contribution >= 0.6 is 27.5 Å². The summed E-state index contributed by atoms with van der Waals surface area (Å²) in [7, 11) is 0. The molecule has 0 spiro atoms. The van der Waals surface area contributed by atoms with Crippen molar-refractivity contribution in [2.75, 3.05) is 13.1 Å². The summed E-state index contributed by atoms with van der Waals surface area (Å²) in [5.41, 5.74) is 0.697. The fraction of sp³-hybridized carbons (Fsp3) is 0.500. The summed E-state index contributed by atoms with van der Waals surface area (Å²) < 4.78 is 38.9. The molecule has 1 aliphatic heterocycles. The van der Waals surface area contributed by atoms with Crippen LogP contribution in [-0.2, 0) is 11.2 Å². The number of rotatable bonds is 2. The molecule has 0 saturated carbocycles. The number of carbonyl (C=O) groups excluding carboxylic acids is 1. The first-order valence-corrected chi connectivity index (χ1v) is 7.73. The number of nitrogens with zero attached hydrogens (tertiary/aromatic N) is 1. The first-order valence-electron chi connectivity index (χ1n) is 6.56. The third-order valence-electron chi connectivity index (χ3n) is 3.58. The van der Waals surface area contributed by atoms with Crippen LogP contribution in [0.15, 0.2) is 22.7 Å². The molecule has 1 atom stereocenters. The van der Waals surface area contributed by atoms with Crippen LogP contribution in [0.3, 0.4) is 0 Å². The van der Waals surface area contributed by atoms with Gasteiger partial charge in [0, 0.05) is 17.6 Å². The van der Waals surface area contributed by atoms with E-state index in [-0.39, 0.29) is 25.3 Å². The van der Waals surface area contributed by atoms with Gasteiger partial charge in [-0.05, 0) is 46.5 Å². The maximum Gasteiger partial charge on any atom is 0.393 e. The Morgan fingerprint density at radius 3 is 2.76 bits per heavy atom. The molecule has 1 fully saturated rings. The predicted molar refractivity (Wildman–Crippen MR) is 78.2 cm³/mol. The Kier molecular flexibility index (Phi) is 5.20. The molecule has 1 aromatic rings. The van der Waals surface area contributed by atoms with Crippen LogP contribution in [0, 0.1) is 5.92 Å². The van der Waals surface area contributed by atoms with Crippen molar-refractivity contribution in [2.24, 2.45) is 5.92 Å². The minimum Gasteiger partial charge on any atom is -0.342 e. The van der Waals surface area contributed by atoms with Gasteiger partial charge in [-0.1, -0.05) is 17.7 Å². The Balaban J connectivity index is 2.01. The van der Waals surface area contributed by atoms with Gasteiger partial charge in [0.1, 0.15) is 0 Å². The van der Waals surface area contributed by atoms with Crippen molar-refractivity contribution in [3.8, 4) is 0 Å². The number of benzene rings is 1. The average molecular weight is 385 g/mol. The summed E-state index contributed by atoms with van der Waals surface area (Å²) in [5.74, 6) is -1.70. The molecule has 0 bridgehead atoms. The highest BCUT2D eigenvalue weighted by Crippen LogP contribution is 2.33. The van der Waals surface area contributed by atoms with Gasteiger partial charge in [0.15, 0.2) is 0 Å². The maximum atomic E-state index is 12.7. The van der Waals surface area contributed by atoms with Gasteiger partial charge < -0.3 is 4.90 Å². The Morgan fingerprint density at radius 1 is 1.43 bits per heavy atom. The molecule has 1 amide bonds. The smallest absolute Gasteiger partial charge is 0.342 e. The SMILES string of the molecule is O=C(Cc1ccc(Br)c(Cl)c1)N1CCCC(C(F)(F)F)C1. The molecule has 2 rings (SSSR count). The summed E-state index contributed by atoms with van der Waals surface area (Å²) in [4.78, 5) is 13.4. The van der Waals surface area contributed by atoms with Crippen molar-refractivity contribution < 1.29 is 18.0 Å². The van der Waals surface area contributed by atoms with E-state index in [2.05, 4.69) is 15.9 Å². The van der Waals surface area contributed by atoms with Gasteiger partial charge in [-0.2, -0.15) is 13.2 Å². The molecular weight excluding hydrogens is 371 g/mol. The highest BCUT2D eigenvalue weighted by Gasteiger charge is 2.42.